The predicted molar refractivity (Wildman–Crippen MR) is 80.5 cm³/mol. The topological polar surface area (TPSA) is 69.8 Å². The normalized spacial score (nSPS) is 20.6. The summed E-state index contributed by atoms with van der Waals surface area (Å²) in [6.45, 7) is 3.37. The smallest absolute Gasteiger partial charge is 0.304 e. The number of likely N-dealkylation sites (N-methyl/N-ethyl adjacent to an activating group) is 1. The Bertz CT molecular complexity index is 487. The predicted octanol–water partition coefficient (Wildman–Crippen LogP) is 2.24. The summed E-state index contributed by atoms with van der Waals surface area (Å²) in [7, 11) is 4.03. The average Bonchev–Trinajstić information content (AvgIpc) is 2.93. The molecule has 0 aliphatic carbocycles. The number of nitro groups is 1. The molecule has 1 aliphatic rings. The molecule has 0 bridgehead atoms. The molecule has 0 spiro atoms. The zero-order chi connectivity index (χ0) is 14.9. The first kappa shape index (κ1) is 15.2. The summed E-state index contributed by atoms with van der Waals surface area (Å²) in [6.07, 6.45) is 1.44. The molecule has 1 unspecified atom stereocenters. The van der Waals surface area contributed by atoms with Crippen molar-refractivity contribution in [2.24, 2.45) is 0 Å². The average molecular weight is 299 g/mol. The molecule has 1 aromatic rings. The molecule has 0 aromatic carbocycles. The van der Waals surface area contributed by atoms with Crippen molar-refractivity contribution in [3.05, 3.63) is 21.1 Å². The van der Waals surface area contributed by atoms with E-state index in [1.165, 1.54) is 17.4 Å². The van der Waals surface area contributed by atoms with Gasteiger partial charge in [0, 0.05) is 30.1 Å². The van der Waals surface area contributed by atoms with E-state index in [2.05, 4.69) is 9.80 Å². The van der Waals surface area contributed by atoms with Gasteiger partial charge in [0.25, 0.3) is 0 Å². The van der Waals surface area contributed by atoms with Crippen LogP contribution in [0.5, 0.6) is 0 Å². The van der Waals surface area contributed by atoms with Gasteiger partial charge in [-0.05, 0) is 33.9 Å². The minimum Gasteiger partial charge on any atom is -0.388 e. The second kappa shape index (κ2) is 6.07. The van der Waals surface area contributed by atoms with Crippen molar-refractivity contribution in [1.29, 1.82) is 0 Å². The van der Waals surface area contributed by atoms with E-state index >= 15 is 0 Å². The maximum Gasteiger partial charge on any atom is 0.304 e. The minimum atomic E-state index is -0.664. The highest BCUT2D eigenvalue weighted by atomic mass is 32.1. The van der Waals surface area contributed by atoms with Crippen LogP contribution in [-0.4, -0.2) is 48.2 Å². The fourth-order valence-corrected chi connectivity index (χ4v) is 3.81. The molecule has 112 valence electrons. The van der Waals surface area contributed by atoms with Gasteiger partial charge >= 0.3 is 5.69 Å². The van der Waals surface area contributed by atoms with Crippen LogP contribution in [0.3, 0.4) is 0 Å². The van der Waals surface area contributed by atoms with Crippen molar-refractivity contribution in [3.63, 3.8) is 0 Å². The van der Waals surface area contributed by atoms with Crippen molar-refractivity contribution in [2.45, 2.75) is 31.9 Å². The number of hydrogen-bond acceptors (Lipinski definition) is 6. The van der Waals surface area contributed by atoms with Crippen LogP contribution in [0.25, 0.3) is 0 Å². The Hall–Kier alpha value is -1.18. The van der Waals surface area contributed by atoms with Gasteiger partial charge in [0.1, 0.15) is 0 Å². The van der Waals surface area contributed by atoms with E-state index < -0.39 is 6.10 Å². The number of thiophene rings is 1. The van der Waals surface area contributed by atoms with E-state index in [0.717, 1.165) is 25.9 Å². The number of aliphatic hydroxyl groups is 1. The molecule has 0 amide bonds. The van der Waals surface area contributed by atoms with Gasteiger partial charge < -0.3 is 14.9 Å². The molecule has 0 saturated carbocycles. The molecule has 2 heterocycles. The Balaban J connectivity index is 2.32. The zero-order valence-corrected chi connectivity index (χ0v) is 12.9. The van der Waals surface area contributed by atoms with Crippen molar-refractivity contribution < 1.29 is 10.0 Å². The van der Waals surface area contributed by atoms with Crippen LogP contribution in [0.2, 0.25) is 0 Å². The summed E-state index contributed by atoms with van der Waals surface area (Å²) in [4.78, 5) is 15.8. The molecule has 1 aromatic heterocycles. The van der Waals surface area contributed by atoms with Gasteiger partial charge in [0.05, 0.1) is 11.0 Å². The molecule has 6 nitrogen and oxygen atoms in total. The third-order valence-electron chi connectivity index (χ3n) is 3.53. The lowest BCUT2D eigenvalue weighted by molar-refractivity contribution is -0.383. The Morgan fingerprint density at radius 1 is 1.65 bits per heavy atom. The minimum absolute atomic E-state index is 0.122. The third kappa shape index (κ3) is 3.11. The molecule has 20 heavy (non-hydrogen) atoms. The standard InChI is InChI=1S/C13H21N3O3S/c1-9(17)12-7-11(16(18)19)13(20-12)15-6-4-5-10(15)8-14(2)3/h7,9-10,17H,4-6,8H2,1-3H3/t9-,10?/m1/s1. The summed E-state index contributed by atoms with van der Waals surface area (Å²) in [5.74, 6) is 0. The molecule has 0 radical (unpaired) electrons. The molecule has 1 aliphatic heterocycles. The van der Waals surface area contributed by atoms with Crippen LogP contribution >= 0.6 is 11.3 Å². The number of aliphatic hydroxyl groups excluding tert-OH is 1. The Morgan fingerprint density at radius 2 is 2.35 bits per heavy atom. The van der Waals surface area contributed by atoms with Gasteiger partial charge in [-0.3, -0.25) is 10.1 Å². The lowest BCUT2D eigenvalue weighted by Crippen LogP contribution is -2.37. The van der Waals surface area contributed by atoms with E-state index in [4.69, 9.17) is 0 Å². The SMILES string of the molecule is C[C@@H](O)c1cc([N+](=O)[O-])c(N2CCCC2CN(C)C)s1. The molecular formula is C13H21N3O3S. The van der Waals surface area contributed by atoms with Crippen LogP contribution in [0.1, 0.15) is 30.7 Å². The fourth-order valence-electron chi connectivity index (χ4n) is 2.65. The molecule has 2 atom stereocenters. The first-order valence-electron chi connectivity index (χ1n) is 6.77. The van der Waals surface area contributed by atoms with Crippen LogP contribution in [0, 0.1) is 10.1 Å². The number of anilines is 1. The van der Waals surface area contributed by atoms with E-state index in [9.17, 15) is 15.2 Å². The fraction of sp³-hybridized carbons (Fsp3) is 0.692. The van der Waals surface area contributed by atoms with Gasteiger partial charge in [0.2, 0.25) is 0 Å². The van der Waals surface area contributed by atoms with Crippen LogP contribution < -0.4 is 4.90 Å². The Morgan fingerprint density at radius 3 is 2.90 bits per heavy atom. The highest BCUT2D eigenvalue weighted by Gasteiger charge is 2.32. The van der Waals surface area contributed by atoms with Gasteiger partial charge in [-0.1, -0.05) is 0 Å². The van der Waals surface area contributed by atoms with Crippen molar-refractivity contribution in [1.82, 2.24) is 4.90 Å². The largest absolute Gasteiger partial charge is 0.388 e. The zero-order valence-electron chi connectivity index (χ0n) is 12.1. The first-order chi connectivity index (χ1) is 9.40. The first-order valence-corrected chi connectivity index (χ1v) is 7.59. The molecular weight excluding hydrogens is 278 g/mol. The van der Waals surface area contributed by atoms with Crippen LogP contribution in [-0.2, 0) is 0 Å². The van der Waals surface area contributed by atoms with Gasteiger partial charge in [-0.2, -0.15) is 0 Å². The van der Waals surface area contributed by atoms with E-state index in [-0.39, 0.29) is 10.6 Å². The summed E-state index contributed by atoms with van der Waals surface area (Å²) >= 11 is 1.34. The molecule has 1 saturated heterocycles. The monoisotopic (exact) mass is 299 g/mol. The van der Waals surface area contributed by atoms with Gasteiger partial charge in [-0.25, -0.2) is 0 Å². The molecule has 1 N–H and O–H groups in total. The summed E-state index contributed by atoms with van der Waals surface area (Å²) in [5, 5.41) is 21.6. The van der Waals surface area contributed by atoms with Gasteiger partial charge in [0.15, 0.2) is 5.00 Å². The van der Waals surface area contributed by atoms with E-state index in [1.807, 2.05) is 14.1 Å². The lowest BCUT2D eigenvalue weighted by Gasteiger charge is -2.27. The number of rotatable bonds is 5. The number of hydrogen-bond donors (Lipinski definition) is 1. The molecule has 7 heteroatoms. The second-order valence-corrected chi connectivity index (χ2v) is 6.59. The Kier molecular flexibility index (Phi) is 4.62. The summed E-state index contributed by atoms with van der Waals surface area (Å²) in [5.41, 5.74) is 0.122. The third-order valence-corrected chi connectivity index (χ3v) is 4.87. The number of nitrogens with zero attached hydrogens (tertiary/aromatic N) is 3. The van der Waals surface area contributed by atoms with Crippen molar-refractivity contribution >= 4 is 22.0 Å². The van der Waals surface area contributed by atoms with Crippen molar-refractivity contribution in [2.75, 3.05) is 32.1 Å². The lowest BCUT2D eigenvalue weighted by atomic mass is 10.2. The van der Waals surface area contributed by atoms with Gasteiger partial charge in [-0.15, -0.1) is 11.3 Å². The maximum atomic E-state index is 11.2. The second-order valence-electron chi connectivity index (χ2n) is 5.52. The van der Waals surface area contributed by atoms with Crippen molar-refractivity contribution in [3.8, 4) is 0 Å². The summed E-state index contributed by atoms with van der Waals surface area (Å²) < 4.78 is 0. The van der Waals surface area contributed by atoms with E-state index in [0.29, 0.717) is 15.9 Å². The maximum absolute atomic E-state index is 11.2. The quantitative estimate of drug-likeness (QED) is 0.667. The molecule has 1 fully saturated rings. The summed E-state index contributed by atoms with van der Waals surface area (Å²) in [6, 6.07) is 1.82. The Labute approximate surface area is 122 Å². The molecule has 2 rings (SSSR count). The van der Waals surface area contributed by atoms with Crippen LogP contribution in [0.15, 0.2) is 6.07 Å². The highest BCUT2D eigenvalue weighted by molar-refractivity contribution is 7.16. The van der Waals surface area contributed by atoms with E-state index in [1.54, 1.807) is 6.92 Å². The van der Waals surface area contributed by atoms with Crippen LogP contribution in [0.4, 0.5) is 10.7 Å². The highest BCUT2D eigenvalue weighted by Crippen LogP contribution is 2.42.